The molecule has 6 heteroatoms. The monoisotopic (exact) mass is 202 g/mol. The maximum Gasteiger partial charge on any atom is 0.231 e. The van der Waals surface area contributed by atoms with Gasteiger partial charge in [0, 0.05) is 6.26 Å². The van der Waals surface area contributed by atoms with Crippen molar-refractivity contribution in [1.29, 1.82) is 0 Å². The zero-order valence-corrected chi connectivity index (χ0v) is 8.21. The van der Waals surface area contributed by atoms with Gasteiger partial charge >= 0.3 is 0 Å². The molecule has 0 aliphatic rings. The molecule has 1 heterocycles. The van der Waals surface area contributed by atoms with Crippen LogP contribution in [0.1, 0.15) is 5.69 Å². The molecule has 0 aliphatic carbocycles. The third-order valence-corrected chi connectivity index (χ3v) is 2.12. The van der Waals surface area contributed by atoms with Crippen molar-refractivity contribution in [2.45, 2.75) is 5.75 Å². The first-order chi connectivity index (χ1) is 6.01. The maximum absolute atomic E-state index is 10.9. The summed E-state index contributed by atoms with van der Waals surface area (Å²) >= 11 is 0. The van der Waals surface area contributed by atoms with Crippen molar-refractivity contribution < 1.29 is 13.2 Å². The summed E-state index contributed by atoms with van der Waals surface area (Å²) in [4.78, 5) is 7.70. The quantitative estimate of drug-likeness (QED) is 0.691. The predicted molar refractivity (Wildman–Crippen MR) is 47.1 cm³/mol. The van der Waals surface area contributed by atoms with Gasteiger partial charge in [-0.2, -0.15) is 0 Å². The van der Waals surface area contributed by atoms with Gasteiger partial charge in [-0.3, -0.25) is 4.98 Å². The van der Waals surface area contributed by atoms with Crippen LogP contribution in [0.25, 0.3) is 0 Å². The number of nitrogens with zero attached hydrogens (tertiary/aromatic N) is 2. The summed E-state index contributed by atoms with van der Waals surface area (Å²) in [5, 5.41) is 0. The van der Waals surface area contributed by atoms with Crippen LogP contribution in [0.5, 0.6) is 5.88 Å². The fourth-order valence-corrected chi connectivity index (χ4v) is 1.48. The second kappa shape index (κ2) is 3.69. The molecule has 0 atom stereocenters. The van der Waals surface area contributed by atoms with Gasteiger partial charge in [-0.25, -0.2) is 13.4 Å². The Balaban J connectivity index is 2.81. The van der Waals surface area contributed by atoms with Crippen molar-refractivity contribution >= 4 is 9.84 Å². The number of hydrogen-bond acceptors (Lipinski definition) is 5. The summed E-state index contributed by atoms with van der Waals surface area (Å²) in [5.41, 5.74) is 0.420. The molecule has 13 heavy (non-hydrogen) atoms. The van der Waals surface area contributed by atoms with Gasteiger partial charge in [0.1, 0.15) is 0 Å². The molecule has 1 aromatic heterocycles. The zero-order valence-electron chi connectivity index (χ0n) is 7.39. The smallest absolute Gasteiger partial charge is 0.231 e. The Bertz CT molecular complexity index is 371. The van der Waals surface area contributed by atoms with E-state index in [0.29, 0.717) is 11.6 Å². The van der Waals surface area contributed by atoms with E-state index >= 15 is 0 Å². The van der Waals surface area contributed by atoms with Crippen molar-refractivity contribution in [2.75, 3.05) is 13.4 Å². The summed E-state index contributed by atoms with van der Waals surface area (Å²) in [6.45, 7) is 0. The Morgan fingerprint density at radius 2 is 2.08 bits per heavy atom. The van der Waals surface area contributed by atoms with Crippen LogP contribution in [-0.2, 0) is 15.6 Å². The fourth-order valence-electron chi connectivity index (χ4n) is 0.792. The van der Waals surface area contributed by atoms with E-state index in [0.717, 1.165) is 6.26 Å². The van der Waals surface area contributed by atoms with Gasteiger partial charge in [-0.05, 0) is 0 Å². The lowest BCUT2D eigenvalue weighted by Gasteiger charge is -1.99. The highest BCUT2D eigenvalue weighted by atomic mass is 32.2. The Morgan fingerprint density at radius 3 is 2.46 bits per heavy atom. The zero-order chi connectivity index (χ0) is 9.90. The lowest BCUT2D eigenvalue weighted by atomic mass is 10.5. The third-order valence-electron chi connectivity index (χ3n) is 1.30. The first-order valence-corrected chi connectivity index (χ1v) is 5.60. The molecule has 0 radical (unpaired) electrons. The van der Waals surface area contributed by atoms with Crippen LogP contribution < -0.4 is 4.74 Å². The number of sulfone groups is 1. The molecule has 5 nitrogen and oxygen atoms in total. The highest BCUT2D eigenvalue weighted by Crippen LogP contribution is 2.04. The average Bonchev–Trinajstić information content (AvgIpc) is 2.03. The van der Waals surface area contributed by atoms with Crippen molar-refractivity contribution in [1.82, 2.24) is 9.97 Å². The normalized spacial score (nSPS) is 11.2. The second-order valence-corrected chi connectivity index (χ2v) is 4.76. The molecule has 0 saturated carbocycles. The van der Waals surface area contributed by atoms with Crippen LogP contribution in [0.15, 0.2) is 12.4 Å². The molecule has 0 bridgehead atoms. The molecular formula is C7H10N2O3S. The van der Waals surface area contributed by atoms with Gasteiger partial charge < -0.3 is 4.74 Å². The Labute approximate surface area is 76.7 Å². The fraction of sp³-hybridized carbons (Fsp3) is 0.429. The van der Waals surface area contributed by atoms with E-state index in [1.807, 2.05) is 0 Å². The minimum absolute atomic E-state index is 0.0933. The topological polar surface area (TPSA) is 69.2 Å². The first-order valence-electron chi connectivity index (χ1n) is 3.54. The third kappa shape index (κ3) is 3.37. The largest absolute Gasteiger partial charge is 0.480 e. The molecular weight excluding hydrogens is 192 g/mol. The van der Waals surface area contributed by atoms with E-state index in [1.165, 1.54) is 19.5 Å². The molecule has 1 aromatic rings. The van der Waals surface area contributed by atoms with Gasteiger partial charge in [-0.15, -0.1) is 0 Å². The average molecular weight is 202 g/mol. The van der Waals surface area contributed by atoms with Gasteiger partial charge in [0.05, 0.1) is 31.0 Å². The van der Waals surface area contributed by atoms with Gasteiger partial charge in [0.15, 0.2) is 9.84 Å². The molecule has 0 aliphatic heterocycles. The molecule has 72 valence electrons. The first kappa shape index (κ1) is 9.91. The van der Waals surface area contributed by atoms with Crippen molar-refractivity contribution in [3.05, 3.63) is 18.1 Å². The second-order valence-electron chi connectivity index (χ2n) is 2.62. The van der Waals surface area contributed by atoms with Crippen molar-refractivity contribution in [3.63, 3.8) is 0 Å². The molecule has 0 fully saturated rings. The molecule has 0 N–H and O–H groups in total. The van der Waals surface area contributed by atoms with E-state index in [1.54, 1.807) is 0 Å². The lowest BCUT2D eigenvalue weighted by molar-refractivity contribution is 0.395. The summed E-state index contributed by atoms with van der Waals surface area (Å²) in [7, 11) is -1.57. The number of ether oxygens (including phenoxy) is 1. The highest BCUT2D eigenvalue weighted by molar-refractivity contribution is 7.89. The van der Waals surface area contributed by atoms with Crippen LogP contribution in [-0.4, -0.2) is 31.8 Å². The van der Waals surface area contributed by atoms with E-state index in [2.05, 4.69) is 9.97 Å². The number of aromatic nitrogens is 2. The molecule has 0 amide bonds. The standard InChI is InChI=1S/C7H10N2O3S/c1-12-7-4-8-6(3-9-7)5-13(2,10)11/h3-4H,5H2,1-2H3. The summed E-state index contributed by atoms with van der Waals surface area (Å²) in [6.07, 6.45) is 3.93. The Hall–Kier alpha value is -1.17. The van der Waals surface area contributed by atoms with Gasteiger partial charge in [-0.1, -0.05) is 0 Å². The van der Waals surface area contributed by atoms with Crippen LogP contribution >= 0.6 is 0 Å². The van der Waals surface area contributed by atoms with Crippen LogP contribution in [0.2, 0.25) is 0 Å². The maximum atomic E-state index is 10.9. The van der Waals surface area contributed by atoms with E-state index < -0.39 is 9.84 Å². The molecule has 1 rings (SSSR count). The highest BCUT2D eigenvalue weighted by Gasteiger charge is 2.05. The Kier molecular flexibility index (Phi) is 2.82. The van der Waals surface area contributed by atoms with Crippen molar-refractivity contribution in [3.8, 4) is 5.88 Å². The molecule has 0 aromatic carbocycles. The number of hydrogen-bond donors (Lipinski definition) is 0. The number of methoxy groups -OCH3 is 1. The van der Waals surface area contributed by atoms with Gasteiger partial charge in [0.2, 0.25) is 5.88 Å². The predicted octanol–water partition coefficient (Wildman–Crippen LogP) is 0.0298. The van der Waals surface area contributed by atoms with Gasteiger partial charge in [0.25, 0.3) is 0 Å². The van der Waals surface area contributed by atoms with Crippen LogP contribution in [0, 0.1) is 0 Å². The molecule has 0 unspecified atom stereocenters. The van der Waals surface area contributed by atoms with E-state index in [9.17, 15) is 8.42 Å². The summed E-state index contributed by atoms with van der Waals surface area (Å²) in [6, 6.07) is 0. The van der Waals surface area contributed by atoms with Crippen LogP contribution in [0.3, 0.4) is 0 Å². The minimum atomic E-state index is -3.04. The van der Waals surface area contributed by atoms with E-state index in [-0.39, 0.29) is 5.75 Å². The SMILES string of the molecule is COc1cnc(CS(C)(=O)=O)cn1. The lowest BCUT2D eigenvalue weighted by Crippen LogP contribution is -2.03. The van der Waals surface area contributed by atoms with Crippen LogP contribution in [0.4, 0.5) is 0 Å². The molecule has 0 spiro atoms. The summed E-state index contributed by atoms with van der Waals surface area (Å²) in [5.74, 6) is 0.279. The minimum Gasteiger partial charge on any atom is -0.480 e. The number of rotatable bonds is 3. The Morgan fingerprint density at radius 1 is 1.38 bits per heavy atom. The summed E-state index contributed by atoms with van der Waals surface area (Å²) < 4.78 is 26.5. The van der Waals surface area contributed by atoms with E-state index in [4.69, 9.17) is 4.74 Å². The van der Waals surface area contributed by atoms with Crippen molar-refractivity contribution in [2.24, 2.45) is 0 Å². The molecule has 0 saturated heterocycles.